The van der Waals surface area contributed by atoms with Crippen LogP contribution in [0.15, 0.2) is 48.7 Å². The number of nitrogens with one attached hydrogen (secondary N) is 3. The molecule has 2 aromatic carbocycles. The molecule has 8 nitrogen and oxygen atoms in total. The van der Waals surface area contributed by atoms with Crippen molar-refractivity contribution < 1.29 is 14.6 Å². The summed E-state index contributed by atoms with van der Waals surface area (Å²) in [5.41, 5.74) is 3.57. The molecule has 1 aromatic heterocycles. The van der Waals surface area contributed by atoms with Gasteiger partial charge in [0.05, 0.1) is 23.9 Å². The number of amides is 1. The Hall–Kier alpha value is -3.20. The number of hydrogen-bond donors (Lipinski definition) is 4. The third-order valence-electron chi connectivity index (χ3n) is 6.57. The number of aromatic nitrogens is 1. The molecule has 4 rings (SSSR count). The average molecular weight is 492 g/mol. The number of aliphatic hydroxyl groups is 1. The predicted octanol–water partition coefficient (Wildman–Crippen LogP) is 4.19. The number of aliphatic hydroxyl groups excluding tert-OH is 1. The molecule has 1 fully saturated rings. The van der Waals surface area contributed by atoms with Crippen molar-refractivity contribution >= 4 is 28.2 Å². The Balaban J connectivity index is 1.79. The SMILES string of the molecule is CNC(O)N1CCC(c2cc3c(Nc4ccccc4)c(C(=O)NC(C)(C)C)cnc3cc2OC)CC1. The zero-order valence-corrected chi connectivity index (χ0v) is 21.8. The van der Waals surface area contributed by atoms with Crippen LogP contribution in [0.4, 0.5) is 11.4 Å². The molecular formula is C28H37N5O3. The summed E-state index contributed by atoms with van der Waals surface area (Å²) in [5.74, 6) is 0.878. The normalized spacial score (nSPS) is 16.1. The van der Waals surface area contributed by atoms with Gasteiger partial charge in [0.25, 0.3) is 5.91 Å². The van der Waals surface area contributed by atoms with E-state index in [0.717, 1.165) is 59.5 Å². The lowest BCUT2D eigenvalue weighted by atomic mass is 9.87. The van der Waals surface area contributed by atoms with Crippen LogP contribution < -0.4 is 20.7 Å². The monoisotopic (exact) mass is 491 g/mol. The van der Waals surface area contributed by atoms with Crippen LogP contribution in [0.1, 0.15) is 55.5 Å². The molecule has 1 amide bonds. The molecular weight excluding hydrogens is 454 g/mol. The number of para-hydroxylation sites is 1. The van der Waals surface area contributed by atoms with Crippen molar-refractivity contribution in [3.8, 4) is 5.75 Å². The maximum Gasteiger partial charge on any atom is 0.255 e. The first-order valence-electron chi connectivity index (χ1n) is 12.4. The van der Waals surface area contributed by atoms with Crippen LogP contribution in [-0.4, -0.2) is 60.0 Å². The summed E-state index contributed by atoms with van der Waals surface area (Å²) < 4.78 is 5.79. The van der Waals surface area contributed by atoms with Gasteiger partial charge in [-0.2, -0.15) is 0 Å². The van der Waals surface area contributed by atoms with Gasteiger partial charge in [0.1, 0.15) is 5.75 Å². The predicted molar refractivity (Wildman–Crippen MR) is 144 cm³/mol. The first-order valence-corrected chi connectivity index (χ1v) is 12.4. The second kappa shape index (κ2) is 10.8. The summed E-state index contributed by atoms with van der Waals surface area (Å²) in [7, 11) is 3.43. The number of benzene rings is 2. The molecule has 0 saturated carbocycles. The Morgan fingerprint density at radius 1 is 1.17 bits per heavy atom. The number of hydrogen-bond acceptors (Lipinski definition) is 7. The second-order valence-corrected chi connectivity index (χ2v) is 10.3. The molecule has 1 saturated heterocycles. The van der Waals surface area contributed by atoms with Gasteiger partial charge in [-0.3, -0.25) is 20.0 Å². The Kier molecular flexibility index (Phi) is 7.78. The van der Waals surface area contributed by atoms with Gasteiger partial charge >= 0.3 is 0 Å². The number of nitrogens with zero attached hydrogens (tertiary/aromatic N) is 2. The van der Waals surface area contributed by atoms with Crippen LogP contribution in [0.3, 0.4) is 0 Å². The number of carbonyl (C=O) groups excluding carboxylic acids is 1. The summed E-state index contributed by atoms with van der Waals surface area (Å²) in [5, 5.41) is 20.5. The molecule has 1 aliphatic heterocycles. The van der Waals surface area contributed by atoms with E-state index in [1.807, 2.05) is 62.1 Å². The third kappa shape index (κ3) is 5.78. The van der Waals surface area contributed by atoms with E-state index >= 15 is 0 Å². The summed E-state index contributed by atoms with van der Waals surface area (Å²) in [4.78, 5) is 20.0. The zero-order valence-electron chi connectivity index (χ0n) is 21.8. The van der Waals surface area contributed by atoms with Gasteiger partial charge < -0.3 is 20.5 Å². The average Bonchev–Trinajstić information content (AvgIpc) is 2.87. The van der Waals surface area contributed by atoms with E-state index in [1.54, 1.807) is 20.4 Å². The van der Waals surface area contributed by atoms with Crippen molar-refractivity contribution in [2.45, 2.75) is 51.4 Å². The highest BCUT2D eigenvalue weighted by Crippen LogP contribution is 2.40. The van der Waals surface area contributed by atoms with E-state index in [2.05, 4.69) is 27.0 Å². The van der Waals surface area contributed by atoms with E-state index in [-0.39, 0.29) is 17.4 Å². The molecule has 1 aliphatic rings. The number of piperidine rings is 1. The first-order chi connectivity index (χ1) is 17.2. The van der Waals surface area contributed by atoms with E-state index in [1.165, 1.54) is 0 Å². The number of anilines is 2. The Morgan fingerprint density at radius 2 is 1.86 bits per heavy atom. The number of pyridine rings is 1. The molecule has 2 heterocycles. The van der Waals surface area contributed by atoms with Crippen molar-refractivity contribution in [2.75, 3.05) is 32.6 Å². The molecule has 0 aliphatic carbocycles. The smallest absolute Gasteiger partial charge is 0.255 e. The molecule has 0 bridgehead atoms. The minimum absolute atomic E-state index is 0.179. The Morgan fingerprint density at radius 3 is 2.47 bits per heavy atom. The molecule has 8 heteroatoms. The lowest BCUT2D eigenvalue weighted by Gasteiger charge is -2.35. The number of ether oxygens (including phenoxy) is 1. The quantitative estimate of drug-likeness (QED) is 0.368. The molecule has 1 atom stereocenters. The lowest BCUT2D eigenvalue weighted by molar-refractivity contribution is -0.0297. The lowest BCUT2D eigenvalue weighted by Crippen LogP contribution is -2.47. The molecule has 192 valence electrons. The molecule has 3 aromatic rings. The Labute approximate surface area is 213 Å². The molecule has 36 heavy (non-hydrogen) atoms. The van der Waals surface area contributed by atoms with Gasteiger partial charge in [0, 0.05) is 42.0 Å². The van der Waals surface area contributed by atoms with Crippen molar-refractivity contribution in [3.05, 3.63) is 59.8 Å². The number of fused-ring (bicyclic) bond motifs is 1. The van der Waals surface area contributed by atoms with Crippen molar-refractivity contribution in [2.24, 2.45) is 0 Å². The van der Waals surface area contributed by atoms with Crippen LogP contribution in [0.2, 0.25) is 0 Å². The highest BCUT2D eigenvalue weighted by atomic mass is 16.5. The molecule has 4 N–H and O–H groups in total. The molecule has 0 radical (unpaired) electrons. The maximum atomic E-state index is 13.3. The first kappa shape index (κ1) is 25.9. The van der Waals surface area contributed by atoms with Gasteiger partial charge in [-0.05, 0) is 70.3 Å². The van der Waals surface area contributed by atoms with Crippen LogP contribution in [0.5, 0.6) is 5.75 Å². The van der Waals surface area contributed by atoms with Crippen molar-refractivity contribution in [3.63, 3.8) is 0 Å². The third-order valence-corrected chi connectivity index (χ3v) is 6.57. The van der Waals surface area contributed by atoms with Crippen LogP contribution >= 0.6 is 0 Å². The van der Waals surface area contributed by atoms with E-state index in [4.69, 9.17) is 4.74 Å². The van der Waals surface area contributed by atoms with Crippen LogP contribution in [0, 0.1) is 0 Å². The van der Waals surface area contributed by atoms with Gasteiger partial charge in [-0.25, -0.2) is 0 Å². The van der Waals surface area contributed by atoms with E-state index < -0.39 is 6.35 Å². The fraction of sp³-hybridized carbons (Fsp3) is 0.429. The standard InChI is InChI=1S/C28H37N5O3/c1-28(2,3)32-26(34)22-17-30-23-16-24(36-5)20(18-11-13-33(14-12-18)27(35)29-4)15-21(23)25(22)31-19-9-7-6-8-10-19/h6-10,15-18,27,29,35H,11-14H2,1-5H3,(H,30,31)(H,32,34). The second-order valence-electron chi connectivity index (χ2n) is 10.3. The largest absolute Gasteiger partial charge is 0.496 e. The number of rotatable bonds is 7. The maximum absolute atomic E-state index is 13.3. The van der Waals surface area contributed by atoms with Crippen LogP contribution in [-0.2, 0) is 0 Å². The fourth-order valence-electron chi connectivity index (χ4n) is 4.75. The van der Waals surface area contributed by atoms with Gasteiger partial charge in [0.2, 0.25) is 0 Å². The topological polar surface area (TPSA) is 98.8 Å². The highest BCUT2D eigenvalue weighted by Gasteiger charge is 2.27. The number of methoxy groups -OCH3 is 1. The van der Waals surface area contributed by atoms with Crippen molar-refractivity contribution in [1.29, 1.82) is 0 Å². The van der Waals surface area contributed by atoms with Crippen LogP contribution in [0.25, 0.3) is 10.9 Å². The number of likely N-dealkylation sites (tertiary alicyclic amines) is 1. The molecule has 0 spiro atoms. The summed E-state index contributed by atoms with van der Waals surface area (Å²) in [6.45, 7) is 7.43. The van der Waals surface area contributed by atoms with Gasteiger partial charge in [0.15, 0.2) is 6.35 Å². The summed E-state index contributed by atoms with van der Waals surface area (Å²) in [6, 6.07) is 13.9. The van der Waals surface area contributed by atoms with E-state index in [0.29, 0.717) is 5.56 Å². The number of carbonyl (C=O) groups is 1. The van der Waals surface area contributed by atoms with Crippen molar-refractivity contribution in [1.82, 2.24) is 20.5 Å². The summed E-state index contributed by atoms with van der Waals surface area (Å²) >= 11 is 0. The molecule has 1 unspecified atom stereocenters. The zero-order chi connectivity index (χ0) is 25.9. The fourth-order valence-corrected chi connectivity index (χ4v) is 4.75. The minimum Gasteiger partial charge on any atom is -0.496 e. The van der Waals surface area contributed by atoms with Gasteiger partial charge in [-0.15, -0.1) is 0 Å². The van der Waals surface area contributed by atoms with E-state index in [9.17, 15) is 9.90 Å². The highest BCUT2D eigenvalue weighted by molar-refractivity contribution is 6.08. The minimum atomic E-state index is -0.640. The Bertz CT molecular complexity index is 1200. The van der Waals surface area contributed by atoms with Gasteiger partial charge in [-0.1, -0.05) is 18.2 Å². The summed E-state index contributed by atoms with van der Waals surface area (Å²) in [6.07, 6.45) is 2.77.